The summed E-state index contributed by atoms with van der Waals surface area (Å²) in [5.41, 5.74) is -0.472. The Labute approximate surface area is 65.7 Å². The van der Waals surface area contributed by atoms with Gasteiger partial charge in [0.25, 0.3) is 0 Å². The number of esters is 1. The summed E-state index contributed by atoms with van der Waals surface area (Å²) in [7, 11) is 0. The zero-order valence-corrected chi connectivity index (χ0v) is 6.54. The van der Waals surface area contributed by atoms with Gasteiger partial charge in [-0.2, -0.15) is 0 Å². The van der Waals surface area contributed by atoms with E-state index >= 15 is 0 Å². The number of hydrogen-bond acceptors (Lipinski definition) is 3. The van der Waals surface area contributed by atoms with Gasteiger partial charge in [0.2, 0.25) is 0 Å². The molecule has 1 rings (SSSR count). The molecule has 11 heavy (non-hydrogen) atoms. The van der Waals surface area contributed by atoms with Crippen molar-refractivity contribution in [1.82, 2.24) is 0 Å². The first-order valence-electron chi connectivity index (χ1n) is 3.69. The van der Waals surface area contributed by atoms with E-state index in [2.05, 4.69) is 0 Å². The number of cyclic esters (lactones) is 1. The zero-order chi connectivity index (χ0) is 8.32. The van der Waals surface area contributed by atoms with Crippen molar-refractivity contribution in [1.29, 1.82) is 0 Å². The highest BCUT2D eigenvalue weighted by molar-refractivity contribution is 5.85. The Morgan fingerprint density at radius 2 is 2.45 bits per heavy atom. The SMILES string of the molecule is C[C@]1(CCCO)C=CC(=O)O1. The first kappa shape index (κ1) is 8.27. The zero-order valence-electron chi connectivity index (χ0n) is 6.54. The molecule has 1 aliphatic rings. The molecular weight excluding hydrogens is 144 g/mol. The van der Waals surface area contributed by atoms with Crippen LogP contribution >= 0.6 is 0 Å². The Balaban J connectivity index is 2.43. The van der Waals surface area contributed by atoms with Crippen molar-refractivity contribution >= 4 is 5.97 Å². The highest BCUT2D eigenvalue weighted by Crippen LogP contribution is 2.24. The summed E-state index contributed by atoms with van der Waals surface area (Å²) >= 11 is 0. The Morgan fingerprint density at radius 1 is 1.73 bits per heavy atom. The maximum absolute atomic E-state index is 10.7. The van der Waals surface area contributed by atoms with E-state index in [1.54, 1.807) is 6.08 Å². The van der Waals surface area contributed by atoms with Crippen LogP contribution in [0.1, 0.15) is 19.8 Å². The van der Waals surface area contributed by atoms with Gasteiger partial charge in [-0.1, -0.05) is 0 Å². The fraction of sp³-hybridized carbons (Fsp3) is 0.625. The highest BCUT2D eigenvalue weighted by Gasteiger charge is 2.29. The molecule has 0 fully saturated rings. The second kappa shape index (κ2) is 3.05. The average molecular weight is 156 g/mol. The summed E-state index contributed by atoms with van der Waals surface area (Å²) in [6.07, 6.45) is 4.52. The molecule has 1 aliphatic heterocycles. The largest absolute Gasteiger partial charge is 0.452 e. The minimum absolute atomic E-state index is 0.140. The lowest BCUT2D eigenvalue weighted by Crippen LogP contribution is -2.23. The van der Waals surface area contributed by atoms with Crippen molar-refractivity contribution in [2.75, 3.05) is 6.61 Å². The van der Waals surface area contributed by atoms with Crippen molar-refractivity contribution in [2.24, 2.45) is 0 Å². The van der Waals surface area contributed by atoms with Crippen LogP contribution in [-0.2, 0) is 9.53 Å². The number of aliphatic hydroxyl groups excluding tert-OH is 1. The van der Waals surface area contributed by atoms with Gasteiger partial charge in [-0.3, -0.25) is 0 Å². The maximum Gasteiger partial charge on any atom is 0.331 e. The van der Waals surface area contributed by atoms with E-state index in [-0.39, 0.29) is 12.6 Å². The number of carbonyl (C=O) groups excluding carboxylic acids is 1. The van der Waals surface area contributed by atoms with Crippen molar-refractivity contribution < 1.29 is 14.6 Å². The summed E-state index contributed by atoms with van der Waals surface area (Å²) in [6, 6.07) is 0. The lowest BCUT2D eigenvalue weighted by molar-refractivity contribution is -0.144. The molecule has 0 saturated carbocycles. The standard InChI is InChI=1S/C8H12O3/c1-8(4-2-6-9)5-3-7(10)11-8/h3,5,9H,2,4,6H2,1H3/t8-/m0/s1. The third-order valence-corrected chi connectivity index (χ3v) is 1.74. The first-order chi connectivity index (χ1) is 5.16. The third-order valence-electron chi connectivity index (χ3n) is 1.74. The molecule has 1 heterocycles. The van der Waals surface area contributed by atoms with Crippen LogP contribution in [0.5, 0.6) is 0 Å². The van der Waals surface area contributed by atoms with Crippen molar-refractivity contribution in [3.05, 3.63) is 12.2 Å². The number of aliphatic hydroxyl groups is 1. The van der Waals surface area contributed by atoms with Crippen molar-refractivity contribution in [3.8, 4) is 0 Å². The second-order valence-corrected chi connectivity index (χ2v) is 2.89. The van der Waals surface area contributed by atoms with E-state index in [0.717, 1.165) is 0 Å². The van der Waals surface area contributed by atoms with Gasteiger partial charge in [-0.25, -0.2) is 4.79 Å². The van der Waals surface area contributed by atoms with Gasteiger partial charge in [0.15, 0.2) is 0 Å². The van der Waals surface area contributed by atoms with Crippen molar-refractivity contribution in [3.63, 3.8) is 0 Å². The smallest absolute Gasteiger partial charge is 0.331 e. The minimum Gasteiger partial charge on any atom is -0.452 e. The molecule has 0 bridgehead atoms. The average Bonchev–Trinajstić information content (AvgIpc) is 2.28. The topological polar surface area (TPSA) is 46.5 Å². The molecule has 0 aromatic rings. The van der Waals surface area contributed by atoms with Crippen LogP contribution in [0, 0.1) is 0 Å². The fourth-order valence-corrected chi connectivity index (χ4v) is 1.11. The van der Waals surface area contributed by atoms with Crippen LogP contribution < -0.4 is 0 Å². The van der Waals surface area contributed by atoms with Crippen LogP contribution in [0.2, 0.25) is 0 Å². The number of rotatable bonds is 3. The predicted molar refractivity (Wildman–Crippen MR) is 40.0 cm³/mol. The lowest BCUT2D eigenvalue weighted by atomic mass is 10.0. The van der Waals surface area contributed by atoms with Gasteiger partial charge in [-0.15, -0.1) is 0 Å². The van der Waals surface area contributed by atoms with Crippen LogP contribution in [0.3, 0.4) is 0 Å². The normalized spacial score (nSPS) is 29.1. The third kappa shape index (κ3) is 2.05. The molecule has 3 nitrogen and oxygen atoms in total. The first-order valence-corrected chi connectivity index (χ1v) is 3.69. The Hall–Kier alpha value is -0.830. The van der Waals surface area contributed by atoms with E-state index < -0.39 is 5.60 Å². The summed E-state index contributed by atoms with van der Waals surface area (Å²) in [5.74, 6) is -0.287. The Kier molecular flexibility index (Phi) is 2.29. The molecule has 0 aromatic heterocycles. The number of hydrogen-bond donors (Lipinski definition) is 1. The molecule has 1 atom stereocenters. The lowest BCUT2D eigenvalue weighted by Gasteiger charge is -2.20. The van der Waals surface area contributed by atoms with Gasteiger partial charge >= 0.3 is 5.97 Å². The molecule has 0 saturated heterocycles. The number of carbonyl (C=O) groups is 1. The van der Waals surface area contributed by atoms with E-state index in [9.17, 15) is 4.79 Å². The highest BCUT2D eigenvalue weighted by atomic mass is 16.6. The Morgan fingerprint density at radius 3 is 2.91 bits per heavy atom. The molecule has 0 aliphatic carbocycles. The quantitative estimate of drug-likeness (QED) is 0.609. The van der Waals surface area contributed by atoms with Gasteiger partial charge in [0, 0.05) is 12.7 Å². The molecule has 0 radical (unpaired) electrons. The van der Waals surface area contributed by atoms with Crippen LogP contribution in [0.4, 0.5) is 0 Å². The van der Waals surface area contributed by atoms with E-state index in [1.807, 2.05) is 6.92 Å². The summed E-state index contributed by atoms with van der Waals surface area (Å²) in [6.45, 7) is 1.98. The molecular formula is C8H12O3. The van der Waals surface area contributed by atoms with E-state index in [0.29, 0.717) is 12.8 Å². The molecule has 0 unspecified atom stereocenters. The predicted octanol–water partition coefficient (Wildman–Crippen LogP) is 0.631. The van der Waals surface area contributed by atoms with Gasteiger partial charge < -0.3 is 9.84 Å². The van der Waals surface area contributed by atoms with E-state index in [4.69, 9.17) is 9.84 Å². The van der Waals surface area contributed by atoms with Gasteiger partial charge in [-0.05, 0) is 25.8 Å². The molecule has 1 N–H and O–H groups in total. The Bertz CT molecular complexity index is 186. The van der Waals surface area contributed by atoms with Crippen LogP contribution in [0.15, 0.2) is 12.2 Å². The summed E-state index contributed by atoms with van der Waals surface area (Å²) in [5, 5.41) is 8.54. The van der Waals surface area contributed by atoms with Crippen molar-refractivity contribution in [2.45, 2.75) is 25.4 Å². The van der Waals surface area contributed by atoms with Gasteiger partial charge in [0.05, 0.1) is 0 Å². The van der Waals surface area contributed by atoms with E-state index in [1.165, 1.54) is 6.08 Å². The minimum atomic E-state index is -0.472. The molecule has 0 amide bonds. The fourth-order valence-electron chi connectivity index (χ4n) is 1.11. The van der Waals surface area contributed by atoms with Crippen LogP contribution in [0.25, 0.3) is 0 Å². The molecule has 62 valence electrons. The molecule has 0 aromatic carbocycles. The molecule has 3 heteroatoms. The van der Waals surface area contributed by atoms with Crippen LogP contribution in [-0.4, -0.2) is 23.3 Å². The molecule has 0 spiro atoms. The monoisotopic (exact) mass is 156 g/mol. The summed E-state index contributed by atoms with van der Waals surface area (Å²) in [4.78, 5) is 10.7. The maximum atomic E-state index is 10.7. The number of ether oxygens (including phenoxy) is 1. The summed E-state index contributed by atoms with van der Waals surface area (Å²) < 4.78 is 4.99. The van der Waals surface area contributed by atoms with Gasteiger partial charge in [0.1, 0.15) is 5.60 Å². The second-order valence-electron chi connectivity index (χ2n) is 2.89.